The third-order valence-electron chi connectivity index (χ3n) is 6.35. The quantitative estimate of drug-likeness (QED) is 0.310. The van der Waals surface area contributed by atoms with Crippen molar-refractivity contribution in [3.8, 4) is 11.5 Å². The summed E-state index contributed by atoms with van der Waals surface area (Å²) in [6.07, 6.45) is -1.27. The van der Waals surface area contributed by atoms with Crippen LogP contribution in [0.25, 0.3) is 0 Å². The van der Waals surface area contributed by atoms with E-state index in [1.165, 1.54) is 10.4 Å². The lowest BCUT2D eigenvalue weighted by Crippen LogP contribution is -2.67. The van der Waals surface area contributed by atoms with Crippen LogP contribution in [-0.2, 0) is 4.43 Å². The average molecular weight is 501 g/mol. The molecule has 0 aromatic heterocycles. The molecule has 0 bridgehead atoms. The van der Waals surface area contributed by atoms with Crippen molar-refractivity contribution >= 4 is 26.8 Å². The number of benzene rings is 3. The lowest BCUT2D eigenvalue weighted by molar-refractivity contribution is 0.00941. The smallest absolute Gasteiger partial charge is 0.262 e. The molecule has 184 valence electrons. The highest BCUT2D eigenvalue weighted by Gasteiger charge is 2.52. The molecule has 3 rings (SSSR count). The maximum atomic E-state index is 11.8. The maximum Gasteiger partial charge on any atom is 0.262 e. The highest BCUT2D eigenvalue weighted by molar-refractivity contribution is 6.99. The molecule has 0 saturated heterocycles. The molecule has 0 radical (unpaired) electrons. The molecule has 2 nitrogen and oxygen atoms in total. The second kappa shape index (κ2) is 11.1. The van der Waals surface area contributed by atoms with Crippen molar-refractivity contribution in [2.75, 3.05) is 0 Å². The first-order valence-electron chi connectivity index (χ1n) is 12.5. The Morgan fingerprint density at radius 3 is 1.57 bits per heavy atom. The van der Waals surface area contributed by atoms with Gasteiger partial charge in [-0.1, -0.05) is 131 Å². The van der Waals surface area contributed by atoms with E-state index in [1.54, 1.807) is 0 Å². The van der Waals surface area contributed by atoms with E-state index in [0.29, 0.717) is 0 Å². The summed E-state index contributed by atoms with van der Waals surface area (Å²) in [6.45, 7) is 15.5. The number of hydrogen-bond acceptors (Lipinski definition) is 2. The normalized spacial score (nSPS) is 15.0. The van der Waals surface area contributed by atoms with Gasteiger partial charge in [0.05, 0.1) is 12.2 Å². The van der Waals surface area contributed by atoms with E-state index in [4.69, 9.17) is 4.43 Å². The Morgan fingerprint density at radius 2 is 1.17 bits per heavy atom. The van der Waals surface area contributed by atoms with Crippen molar-refractivity contribution < 1.29 is 9.53 Å². The summed E-state index contributed by atoms with van der Waals surface area (Å²) < 4.78 is 7.41. The number of rotatable bonds is 7. The van der Waals surface area contributed by atoms with Crippen LogP contribution in [0.2, 0.25) is 24.7 Å². The third-order valence-corrected chi connectivity index (χ3v) is 12.3. The zero-order valence-electron chi connectivity index (χ0n) is 22.2. The predicted octanol–water partition coefficient (Wildman–Crippen LogP) is 6.18. The molecule has 35 heavy (non-hydrogen) atoms. The fraction of sp³-hybridized carbons (Fsp3) is 0.355. The minimum absolute atomic E-state index is 0.185. The molecule has 1 N–H and O–H groups in total. The molecular weight excluding hydrogens is 461 g/mol. The van der Waals surface area contributed by atoms with Crippen LogP contribution in [0.15, 0.2) is 91.0 Å². The van der Waals surface area contributed by atoms with E-state index >= 15 is 0 Å². The van der Waals surface area contributed by atoms with Crippen LogP contribution in [0.5, 0.6) is 0 Å². The Bertz CT molecular complexity index is 1080. The monoisotopic (exact) mass is 500 g/mol. The van der Waals surface area contributed by atoms with Crippen LogP contribution < -0.4 is 10.4 Å². The fourth-order valence-electron chi connectivity index (χ4n) is 4.54. The van der Waals surface area contributed by atoms with E-state index < -0.39 is 28.6 Å². The molecule has 3 atom stereocenters. The molecule has 0 spiro atoms. The molecule has 3 unspecified atom stereocenters. The van der Waals surface area contributed by atoms with E-state index in [9.17, 15) is 5.11 Å². The lowest BCUT2D eigenvalue weighted by Gasteiger charge is -2.46. The van der Waals surface area contributed by atoms with Crippen molar-refractivity contribution in [2.45, 2.75) is 64.6 Å². The summed E-state index contributed by atoms with van der Waals surface area (Å²) in [6, 6.07) is 31.4. The molecule has 3 aromatic carbocycles. The van der Waals surface area contributed by atoms with Gasteiger partial charge in [-0.3, -0.25) is 0 Å². The van der Waals surface area contributed by atoms with E-state index in [0.717, 1.165) is 5.56 Å². The molecule has 0 aliphatic heterocycles. The average Bonchev–Trinajstić information content (AvgIpc) is 2.83. The van der Waals surface area contributed by atoms with Crippen LogP contribution in [0.4, 0.5) is 0 Å². The SMILES string of the molecule is CC(C#C[Si](C)(C)C)C(O)C(O[Si](c1ccccc1)(c1ccccc1)C(C)(C)C)c1ccccc1. The summed E-state index contributed by atoms with van der Waals surface area (Å²) in [4.78, 5) is 0. The fourth-order valence-corrected chi connectivity index (χ4v) is 9.87. The van der Waals surface area contributed by atoms with Crippen LogP contribution in [0.1, 0.15) is 39.4 Å². The Morgan fingerprint density at radius 1 is 0.743 bits per heavy atom. The first-order chi connectivity index (χ1) is 16.5. The van der Waals surface area contributed by atoms with Crippen LogP contribution >= 0.6 is 0 Å². The largest absolute Gasteiger partial charge is 0.398 e. The molecule has 0 amide bonds. The topological polar surface area (TPSA) is 29.5 Å². The summed E-state index contributed by atoms with van der Waals surface area (Å²) in [7, 11) is -4.43. The molecule has 0 aliphatic carbocycles. The van der Waals surface area contributed by atoms with Crippen molar-refractivity contribution in [3.63, 3.8) is 0 Å². The van der Waals surface area contributed by atoms with E-state index in [-0.39, 0.29) is 11.0 Å². The summed E-state index contributed by atoms with van der Waals surface area (Å²) in [5, 5.41) is 14.0. The third kappa shape index (κ3) is 6.42. The van der Waals surface area contributed by atoms with Gasteiger partial charge in [0.1, 0.15) is 8.07 Å². The van der Waals surface area contributed by atoms with Gasteiger partial charge < -0.3 is 9.53 Å². The Balaban J connectivity index is 2.22. The van der Waals surface area contributed by atoms with Crippen molar-refractivity contribution in [1.82, 2.24) is 0 Å². The minimum Gasteiger partial charge on any atom is -0.398 e. The van der Waals surface area contributed by atoms with Crippen LogP contribution in [0, 0.1) is 17.4 Å². The Hall–Kier alpha value is -2.43. The van der Waals surface area contributed by atoms with Gasteiger partial charge in [-0.05, 0) is 27.9 Å². The summed E-state index contributed by atoms with van der Waals surface area (Å²) >= 11 is 0. The first-order valence-corrected chi connectivity index (χ1v) is 17.9. The number of aliphatic hydroxyl groups excluding tert-OH is 1. The van der Waals surface area contributed by atoms with E-state index in [2.05, 4.69) is 113 Å². The van der Waals surface area contributed by atoms with Crippen LogP contribution in [0.3, 0.4) is 0 Å². The molecule has 0 aliphatic rings. The maximum absolute atomic E-state index is 11.8. The van der Waals surface area contributed by atoms with Gasteiger partial charge in [0.25, 0.3) is 8.32 Å². The van der Waals surface area contributed by atoms with Gasteiger partial charge in [-0.25, -0.2) is 0 Å². The second-order valence-electron chi connectivity index (χ2n) is 11.4. The first kappa shape index (κ1) is 27.2. The molecule has 0 saturated carbocycles. The molecular formula is C31H40O2Si2. The van der Waals surface area contributed by atoms with Gasteiger partial charge in [-0.2, -0.15) is 0 Å². The summed E-state index contributed by atoms with van der Waals surface area (Å²) in [5.74, 6) is 3.16. The lowest BCUT2D eigenvalue weighted by atomic mass is 9.95. The van der Waals surface area contributed by atoms with Gasteiger partial charge in [0.2, 0.25) is 0 Å². The molecule has 0 heterocycles. The standard InChI is InChI=1S/C31H40O2Si2/c1-25(23-24-34(5,6)7)29(32)30(26-17-11-8-12-18-26)33-35(31(2,3)4,27-19-13-9-14-20-27)28-21-15-10-16-22-28/h8-22,25,29-30,32H,1-7H3. The van der Waals surface area contributed by atoms with Crippen molar-refractivity contribution in [2.24, 2.45) is 5.92 Å². The number of hydrogen-bond donors (Lipinski definition) is 1. The predicted molar refractivity (Wildman–Crippen MR) is 154 cm³/mol. The zero-order chi connectivity index (χ0) is 25.7. The van der Waals surface area contributed by atoms with Crippen LogP contribution in [-0.4, -0.2) is 27.6 Å². The van der Waals surface area contributed by atoms with Gasteiger partial charge in [0, 0.05) is 5.92 Å². The molecule has 4 heteroatoms. The van der Waals surface area contributed by atoms with Crippen molar-refractivity contribution in [3.05, 3.63) is 96.6 Å². The molecule has 0 fully saturated rings. The highest BCUT2D eigenvalue weighted by Crippen LogP contribution is 2.41. The zero-order valence-corrected chi connectivity index (χ0v) is 24.2. The van der Waals surface area contributed by atoms with E-state index in [1.807, 2.05) is 37.3 Å². The second-order valence-corrected chi connectivity index (χ2v) is 20.4. The van der Waals surface area contributed by atoms with Gasteiger partial charge in [-0.15, -0.1) is 11.5 Å². The Labute approximate surface area is 214 Å². The minimum atomic E-state index is -2.86. The van der Waals surface area contributed by atoms with Gasteiger partial charge >= 0.3 is 0 Å². The number of aliphatic hydroxyl groups is 1. The van der Waals surface area contributed by atoms with Crippen molar-refractivity contribution in [1.29, 1.82) is 0 Å². The highest BCUT2D eigenvalue weighted by atomic mass is 28.4. The summed E-state index contributed by atoms with van der Waals surface area (Å²) in [5.41, 5.74) is 4.43. The van der Waals surface area contributed by atoms with Gasteiger partial charge in [0.15, 0.2) is 0 Å². The Kier molecular flexibility index (Phi) is 8.61. The molecule has 3 aromatic rings.